The number of carbonyl (C=O) groups excluding carboxylic acids is 1. The van der Waals surface area contributed by atoms with E-state index in [1.165, 1.54) is 57.8 Å². The summed E-state index contributed by atoms with van der Waals surface area (Å²) < 4.78 is 25.3. The predicted octanol–water partition coefficient (Wildman–Crippen LogP) is 8.90. The van der Waals surface area contributed by atoms with Gasteiger partial charge in [-0.15, -0.1) is 0 Å². The molecule has 9 nitrogen and oxygen atoms in total. The molecule has 2 aliphatic rings. The van der Waals surface area contributed by atoms with E-state index in [1.54, 1.807) is 4.90 Å². The van der Waals surface area contributed by atoms with Gasteiger partial charge in [-0.3, -0.25) is 4.90 Å². The van der Waals surface area contributed by atoms with Crippen molar-refractivity contribution in [2.75, 3.05) is 6.61 Å². The molecule has 3 N–H and O–H groups in total. The summed E-state index contributed by atoms with van der Waals surface area (Å²) in [6.45, 7) is 2.75. The lowest BCUT2D eigenvalue weighted by Gasteiger charge is -2.44. The predicted molar refractivity (Wildman–Crippen MR) is 219 cm³/mol. The van der Waals surface area contributed by atoms with E-state index in [4.69, 9.17) is 18.9 Å². The number of hydrogen-bond donors (Lipinski definition) is 3. The van der Waals surface area contributed by atoms with Gasteiger partial charge in [0.15, 0.2) is 0 Å². The van der Waals surface area contributed by atoms with Gasteiger partial charge in [-0.05, 0) is 36.0 Å². The van der Waals surface area contributed by atoms with Crippen molar-refractivity contribution in [1.29, 1.82) is 0 Å². The Kier molecular flexibility index (Phi) is 19.1. The minimum atomic E-state index is -1.13. The van der Waals surface area contributed by atoms with Crippen LogP contribution in [0.4, 0.5) is 4.79 Å². The minimum Gasteiger partial charge on any atom is -0.441 e. The molecule has 2 saturated heterocycles. The number of rotatable bonds is 26. The van der Waals surface area contributed by atoms with Gasteiger partial charge < -0.3 is 34.3 Å². The van der Waals surface area contributed by atoms with Gasteiger partial charge in [0, 0.05) is 6.54 Å². The van der Waals surface area contributed by atoms with E-state index in [-0.39, 0.29) is 19.8 Å². The number of aliphatic hydroxyl groups excluding tert-OH is 3. The van der Waals surface area contributed by atoms with E-state index < -0.39 is 54.9 Å². The zero-order chi connectivity index (χ0) is 39.4. The highest BCUT2D eigenvalue weighted by atomic mass is 16.6. The van der Waals surface area contributed by atoms with Crippen LogP contribution in [0.1, 0.15) is 120 Å². The van der Waals surface area contributed by atoms with Crippen molar-refractivity contribution in [3.05, 3.63) is 108 Å². The van der Waals surface area contributed by atoms with E-state index in [1.807, 2.05) is 91.0 Å². The van der Waals surface area contributed by atoms with E-state index in [9.17, 15) is 20.1 Å². The number of cyclic esters (lactones) is 1. The highest BCUT2D eigenvalue weighted by molar-refractivity contribution is 5.71. The summed E-state index contributed by atoms with van der Waals surface area (Å²) in [6.07, 6.45) is 10.3. The van der Waals surface area contributed by atoms with Gasteiger partial charge in [-0.2, -0.15) is 0 Å². The van der Waals surface area contributed by atoms with Crippen molar-refractivity contribution < 1.29 is 39.1 Å². The number of unbranched alkanes of at least 4 members (excludes halogenated alkanes) is 11. The SMILES string of the molecule is CCCCCCCCCCCCCC[C@H](O)[C@H]1OC(=O)N(Cc2ccccc2)[C@H]1CC[C@H]1OC(CO)[C@H](O)[C@@H](OCc2ccccc2)C1OCc1ccccc1. The average Bonchev–Trinajstić information content (AvgIpc) is 3.54. The Balaban J connectivity index is 1.24. The second-order valence-corrected chi connectivity index (χ2v) is 15.8. The summed E-state index contributed by atoms with van der Waals surface area (Å²) in [5.74, 6) is 0. The molecular weight excluding hydrogens is 707 g/mol. The van der Waals surface area contributed by atoms with Gasteiger partial charge in [-0.25, -0.2) is 4.79 Å². The summed E-state index contributed by atoms with van der Waals surface area (Å²) in [6, 6.07) is 29.0. The van der Waals surface area contributed by atoms with Crippen LogP contribution in [-0.4, -0.2) is 81.7 Å². The molecule has 56 heavy (non-hydrogen) atoms. The molecule has 3 aromatic rings. The first-order chi connectivity index (χ1) is 27.5. The number of amides is 1. The van der Waals surface area contributed by atoms with E-state index in [2.05, 4.69) is 6.92 Å². The highest BCUT2D eigenvalue weighted by Crippen LogP contribution is 2.34. The van der Waals surface area contributed by atoms with Crippen LogP contribution in [0.15, 0.2) is 91.0 Å². The molecule has 2 fully saturated rings. The van der Waals surface area contributed by atoms with Crippen molar-refractivity contribution in [2.24, 2.45) is 0 Å². The lowest BCUT2D eigenvalue weighted by molar-refractivity contribution is -0.259. The number of aliphatic hydroxyl groups is 3. The molecule has 0 bridgehead atoms. The zero-order valence-corrected chi connectivity index (χ0v) is 33.5. The molecule has 3 aromatic carbocycles. The first-order valence-electron chi connectivity index (χ1n) is 21.4. The Morgan fingerprint density at radius 3 is 1.70 bits per heavy atom. The fraction of sp³-hybridized carbons (Fsp3) is 0.596. The maximum absolute atomic E-state index is 13.5. The standard InChI is InChI=1S/C47H67NO8/c1-2-3-4-5-6-7-8-9-10-11-12-22-29-40(50)44-39(48(47(52)56-44)32-36-23-16-13-17-24-36)30-31-41-45(53-34-37-25-18-14-19-26-37)46(43(51)42(33-49)55-41)54-35-38-27-20-15-21-28-38/h13-21,23-28,39-46,49-51H,2-12,22,29-35H2,1H3/t39-,40-,41+,42?,43-,44-,45?,46+/m0/s1. The van der Waals surface area contributed by atoms with Crippen LogP contribution in [0.5, 0.6) is 0 Å². The van der Waals surface area contributed by atoms with Crippen LogP contribution >= 0.6 is 0 Å². The van der Waals surface area contributed by atoms with Gasteiger partial charge in [-0.1, -0.05) is 175 Å². The normalized spacial score (nSPS) is 24.3. The van der Waals surface area contributed by atoms with Crippen LogP contribution in [0, 0.1) is 0 Å². The van der Waals surface area contributed by atoms with E-state index in [0.29, 0.717) is 25.8 Å². The molecule has 2 heterocycles. The van der Waals surface area contributed by atoms with Crippen molar-refractivity contribution >= 4 is 6.09 Å². The molecule has 9 heteroatoms. The van der Waals surface area contributed by atoms with Crippen molar-refractivity contribution in [2.45, 2.75) is 172 Å². The molecule has 8 atom stereocenters. The first kappa shape index (κ1) is 43.8. The van der Waals surface area contributed by atoms with Gasteiger partial charge >= 0.3 is 6.09 Å². The fourth-order valence-corrected chi connectivity index (χ4v) is 8.20. The topological polar surface area (TPSA) is 118 Å². The van der Waals surface area contributed by atoms with Crippen LogP contribution in [0.25, 0.3) is 0 Å². The molecule has 308 valence electrons. The third-order valence-corrected chi connectivity index (χ3v) is 11.4. The molecule has 2 aliphatic heterocycles. The maximum Gasteiger partial charge on any atom is 0.410 e. The van der Waals surface area contributed by atoms with Crippen molar-refractivity contribution in [1.82, 2.24) is 4.90 Å². The minimum absolute atomic E-state index is 0.252. The highest BCUT2D eigenvalue weighted by Gasteiger charge is 2.49. The van der Waals surface area contributed by atoms with Crippen molar-refractivity contribution in [3.63, 3.8) is 0 Å². The van der Waals surface area contributed by atoms with Gasteiger partial charge in [0.1, 0.15) is 30.5 Å². The number of carbonyl (C=O) groups is 1. The quantitative estimate of drug-likeness (QED) is 0.0693. The summed E-state index contributed by atoms with van der Waals surface area (Å²) >= 11 is 0. The van der Waals surface area contributed by atoms with E-state index >= 15 is 0 Å². The van der Waals surface area contributed by atoms with Crippen LogP contribution in [0.3, 0.4) is 0 Å². The Labute approximate surface area is 335 Å². The summed E-state index contributed by atoms with van der Waals surface area (Å²) in [5.41, 5.74) is 2.89. The Hall–Kier alpha value is -3.31. The third-order valence-electron chi connectivity index (χ3n) is 11.4. The van der Waals surface area contributed by atoms with Crippen molar-refractivity contribution in [3.8, 4) is 0 Å². The molecule has 2 unspecified atom stereocenters. The largest absolute Gasteiger partial charge is 0.441 e. The van der Waals surface area contributed by atoms with Gasteiger partial charge in [0.2, 0.25) is 0 Å². The Morgan fingerprint density at radius 2 is 1.16 bits per heavy atom. The van der Waals surface area contributed by atoms with Gasteiger partial charge in [0.05, 0.1) is 38.1 Å². The number of nitrogens with zero attached hydrogens (tertiary/aromatic N) is 1. The lowest BCUT2D eigenvalue weighted by atomic mass is 9.89. The monoisotopic (exact) mass is 773 g/mol. The van der Waals surface area contributed by atoms with Crippen LogP contribution < -0.4 is 0 Å². The number of ether oxygens (including phenoxy) is 4. The molecule has 0 aromatic heterocycles. The zero-order valence-electron chi connectivity index (χ0n) is 33.5. The molecule has 0 saturated carbocycles. The smallest absolute Gasteiger partial charge is 0.410 e. The maximum atomic E-state index is 13.5. The Morgan fingerprint density at radius 1 is 0.661 bits per heavy atom. The number of hydrogen-bond acceptors (Lipinski definition) is 8. The molecule has 0 aliphatic carbocycles. The van der Waals surface area contributed by atoms with Gasteiger partial charge in [0.25, 0.3) is 0 Å². The molecule has 1 amide bonds. The van der Waals surface area contributed by atoms with Crippen LogP contribution in [-0.2, 0) is 38.7 Å². The lowest BCUT2D eigenvalue weighted by Crippen LogP contribution is -2.60. The molecule has 5 rings (SSSR count). The van der Waals surface area contributed by atoms with Crippen LogP contribution in [0.2, 0.25) is 0 Å². The number of benzene rings is 3. The summed E-state index contributed by atoms with van der Waals surface area (Å²) in [5, 5.41) is 33.3. The summed E-state index contributed by atoms with van der Waals surface area (Å²) in [4.78, 5) is 15.2. The second kappa shape index (κ2) is 24.5. The van der Waals surface area contributed by atoms with E-state index in [0.717, 1.165) is 36.0 Å². The average molecular weight is 774 g/mol. The molecule has 0 radical (unpaired) electrons. The second-order valence-electron chi connectivity index (χ2n) is 15.8. The Bertz CT molecular complexity index is 1480. The molecular formula is C47H67NO8. The third kappa shape index (κ3) is 13.7. The summed E-state index contributed by atoms with van der Waals surface area (Å²) in [7, 11) is 0. The fourth-order valence-electron chi connectivity index (χ4n) is 8.20. The molecule has 0 spiro atoms. The first-order valence-corrected chi connectivity index (χ1v) is 21.4.